The van der Waals surface area contributed by atoms with E-state index in [-0.39, 0.29) is 5.54 Å². The van der Waals surface area contributed by atoms with E-state index in [4.69, 9.17) is 9.47 Å². The Morgan fingerprint density at radius 2 is 1.57 bits per heavy atom. The van der Waals surface area contributed by atoms with Crippen LogP contribution in [0.4, 0.5) is 0 Å². The Bertz CT molecular complexity index is 223. The van der Waals surface area contributed by atoms with E-state index < -0.39 is 5.91 Å². The number of aliphatic imine (C=N–C) groups is 2. The highest BCUT2D eigenvalue weighted by Crippen LogP contribution is 2.20. The van der Waals surface area contributed by atoms with Gasteiger partial charge in [0, 0.05) is 19.4 Å². The van der Waals surface area contributed by atoms with Crippen LogP contribution in [0.5, 0.6) is 0 Å². The molecule has 0 N–H and O–H groups in total. The molecule has 1 aliphatic heterocycles. The highest BCUT2D eigenvalue weighted by atomic mass is 16.7. The summed E-state index contributed by atoms with van der Waals surface area (Å²) in [6.07, 6.45) is 3.40. The van der Waals surface area contributed by atoms with Crippen molar-refractivity contribution in [3.63, 3.8) is 0 Å². The van der Waals surface area contributed by atoms with Crippen LogP contribution in [0.1, 0.15) is 27.7 Å². The lowest BCUT2D eigenvalue weighted by Gasteiger charge is -2.30. The number of hydrogen-bond acceptors (Lipinski definition) is 4. The Morgan fingerprint density at radius 3 is 1.93 bits per heavy atom. The van der Waals surface area contributed by atoms with E-state index in [9.17, 15) is 0 Å². The molecule has 0 saturated heterocycles. The molecule has 0 bridgehead atoms. The fourth-order valence-electron chi connectivity index (χ4n) is 1.17. The minimum atomic E-state index is -0.987. The second-order valence-corrected chi connectivity index (χ2v) is 3.67. The molecule has 4 nitrogen and oxygen atoms in total. The van der Waals surface area contributed by atoms with E-state index >= 15 is 0 Å². The van der Waals surface area contributed by atoms with Crippen molar-refractivity contribution in [3.05, 3.63) is 0 Å². The number of nitrogens with zero attached hydrogens (tertiary/aromatic N) is 2. The van der Waals surface area contributed by atoms with Crippen LogP contribution < -0.4 is 0 Å². The molecule has 80 valence electrons. The zero-order valence-corrected chi connectivity index (χ0v) is 9.28. The van der Waals surface area contributed by atoms with Crippen LogP contribution in [0.3, 0.4) is 0 Å². The molecule has 0 amide bonds. The predicted molar refractivity (Wildman–Crippen MR) is 57.0 cm³/mol. The van der Waals surface area contributed by atoms with Crippen molar-refractivity contribution < 1.29 is 9.47 Å². The molecule has 1 rings (SSSR count). The summed E-state index contributed by atoms with van der Waals surface area (Å²) in [5.74, 6) is -0.987. The summed E-state index contributed by atoms with van der Waals surface area (Å²) < 4.78 is 10.9. The van der Waals surface area contributed by atoms with Crippen molar-refractivity contribution in [2.75, 3.05) is 13.2 Å². The summed E-state index contributed by atoms with van der Waals surface area (Å²) in [4.78, 5) is 8.60. The normalized spacial score (nSPS) is 22.6. The molecule has 0 radical (unpaired) electrons. The van der Waals surface area contributed by atoms with E-state index in [1.54, 1.807) is 12.4 Å². The monoisotopic (exact) mass is 198 g/mol. The molecule has 0 aromatic carbocycles. The Labute approximate surface area is 85.0 Å². The van der Waals surface area contributed by atoms with Gasteiger partial charge in [-0.1, -0.05) is 0 Å². The fourth-order valence-corrected chi connectivity index (χ4v) is 1.17. The zero-order valence-electron chi connectivity index (χ0n) is 9.28. The van der Waals surface area contributed by atoms with Gasteiger partial charge in [0.15, 0.2) is 0 Å². The predicted octanol–water partition coefficient (Wildman–Crippen LogP) is 1.65. The molecular weight excluding hydrogens is 180 g/mol. The molecule has 0 atom stereocenters. The molecule has 0 aliphatic carbocycles. The molecule has 0 fully saturated rings. The minimum absolute atomic E-state index is 0.252. The van der Waals surface area contributed by atoms with Crippen molar-refractivity contribution in [1.82, 2.24) is 0 Å². The lowest BCUT2D eigenvalue weighted by atomic mass is 10.1. The molecule has 4 heteroatoms. The van der Waals surface area contributed by atoms with E-state index in [1.807, 2.05) is 27.7 Å². The van der Waals surface area contributed by atoms with Crippen molar-refractivity contribution in [1.29, 1.82) is 0 Å². The summed E-state index contributed by atoms with van der Waals surface area (Å²) in [6.45, 7) is 8.87. The smallest absolute Gasteiger partial charge is 0.307 e. The maximum absolute atomic E-state index is 5.43. The maximum atomic E-state index is 5.43. The van der Waals surface area contributed by atoms with Crippen molar-refractivity contribution in [2.45, 2.75) is 39.1 Å². The molecule has 14 heavy (non-hydrogen) atoms. The van der Waals surface area contributed by atoms with Crippen LogP contribution in [0.15, 0.2) is 9.98 Å². The maximum Gasteiger partial charge on any atom is 0.307 e. The average molecular weight is 198 g/mol. The average Bonchev–Trinajstić information content (AvgIpc) is 2.12. The van der Waals surface area contributed by atoms with Gasteiger partial charge in [-0.15, -0.1) is 0 Å². The van der Waals surface area contributed by atoms with Crippen LogP contribution in [-0.4, -0.2) is 37.1 Å². The van der Waals surface area contributed by atoms with Gasteiger partial charge in [0.1, 0.15) is 0 Å². The third-order valence-corrected chi connectivity index (χ3v) is 1.82. The van der Waals surface area contributed by atoms with Gasteiger partial charge in [-0.2, -0.15) is 0 Å². The van der Waals surface area contributed by atoms with Gasteiger partial charge >= 0.3 is 5.91 Å². The van der Waals surface area contributed by atoms with E-state index in [0.717, 1.165) is 0 Å². The summed E-state index contributed by atoms with van der Waals surface area (Å²) in [6, 6.07) is 0. The van der Waals surface area contributed by atoms with Crippen LogP contribution in [0.25, 0.3) is 0 Å². The largest absolute Gasteiger partial charge is 0.327 e. The molecule has 1 heterocycles. The minimum Gasteiger partial charge on any atom is -0.327 e. The van der Waals surface area contributed by atoms with Crippen molar-refractivity contribution in [2.24, 2.45) is 9.98 Å². The molecule has 1 aliphatic rings. The first-order valence-corrected chi connectivity index (χ1v) is 4.94. The highest BCUT2D eigenvalue weighted by Gasteiger charge is 2.33. The van der Waals surface area contributed by atoms with Gasteiger partial charge in [0.05, 0.1) is 11.8 Å². The lowest BCUT2D eigenvalue weighted by molar-refractivity contribution is -0.175. The summed E-state index contributed by atoms with van der Waals surface area (Å²) in [7, 11) is 0. The second kappa shape index (κ2) is 4.19. The fraction of sp³-hybridized carbons (Fsp3) is 0.800. The molecule has 0 spiro atoms. The SMILES string of the molecule is CCOC1(OCC)C=NC(C)(C)C=N1. The van der Waals surface area contributed by atoms with Crippen LogP contribution in [0, 0.1) is 0 Å². The topological polar surface area (TPSA) is 43.2 Å². The first-order chi connectivity index (χ1) is 6.54. The second-order valence-electron chi connectivity index (χ2n) is 3.67. The van der Waals surface area contributed by atoms with Crippen LogP contribution in [-0.2, 0) is 9.47 Å². The van der Waals surface area contributed by atoms with Gasteiger partial charge in [-0.25, -0.2) is 4.99 Å². The highest BCUT2D eigenvalue weighted by molar-refractivity contribution is 5.81. The molecule has 0 unspecified atom stereocenters. The molecule has 0 saturated carbocycles. The number of hydrogen-bond donors (Lipinski definition) is 0. The van der Waals surface area contributed by atoms with Crippen LogP contribution >= 0.6 is 0 Å². The first kappa shape index (κ1) is 11.3. The van der Waals surface area contributed by atoms with Gasteiger partial charge in [0.25, 0.3) is 0 Å². The number of ether oxygens (including phenoxy) is 2. The summed E-state index contributed by atoms with van der Waals surface area (Å²) in [5.41, 5.74) is -0.252. The molecule has 0 aromatic rings. The third kappa shape index (κ3) is 2.62. The van der Waals surface area contributed by atoms with Gasteiger partial charge in [-0.3, -0.25) is 4.99 Å². The van der Waals surface area contributed by atoms with E-state index in [2.05, 4.69) is 9.98 Å². The molecule has 0 aromatic heterocycles. The Kier molecular flexibility index (Phi) is 3.39. The third-order valence-electron chi connectivity index (χ3n) is 1.82. The summed E-state index contributed by atoms with van der Waals surface area (Å²) >= 11 is 0. The number of rotatable bonds is 4. The van der Waals surface area contributed by atoms with Gasteiger partial charge in [-0.05, 0) is 27.7 Å². The summed E-state index contributed by atoms with van der Waals surface area (Å²) in [5, 5.41) is 0. The van der Waals surface area contributed by atoms with Gasteiger partial charge < -0.3 is 9.47 Å². The van der Waals surface area contributed by atoms with Gasteiger partial charge in [0.2, 0.25) is 0 Å². The quantitative estimate of drug-likeness (QED) is 0.644. The molecular formula is C10H18N2O2. The van der Waals surface area contributed by atoms with E-state index in [0.29, 0.717) is 13.2 Å². The standard InChI is InChI=1S/C10H18N2O2/c1-5-13-10(14-6-2)8-11-9(3,4)7-12-10/h7-8H,5-6H2,1-4H3. The Balaban J connectivity index is 2.78. The zero-order chi connectivity index (χ0) is 10.7. The first-order valence-electron chi connectivity index (χ1n) is 4.94. The van der Waals surface area contributed by atoms with Crippen molar-refractivity contribution in [3.8, 4) is 0 Å². The Morgan fingerprint density at radius 1 is 1.00 bits per heavy atom. The van der Waals surface area contributed by atoms with E-state index in [1.165, 1.54) is 0 Å². The lowest BCUT2D eigenvalue weighted by Crippen LogP contribution is -2.41. The Hall–Kier alpha value is -0.740. The van der Waals surface area contributed by atoms with Crippen LogP contribution in [0.2, 0.25) is 0 Å². The van der Waals surface area contributed by atoms with Crippen molar-refractivity contribution >= 4 is 12.4 Å².